The molecule has 39 heavy (non-hydrogen) atoms. The van der Waals surface area contributed by atoms with Gasteiger partial charge in [-0.2, -0.15) is 0 Å². The third kappa shape index (κ3) is 4.70. The predicted octanol–water partition coefficient (Wildman–Crippen LogP) is 4.51. The second kappa shape index (κ2) is 10.4. The summed E-state index contributed by atoms with van der Waals surface area (Å²) in [6.07, 6.45) is 6.22. The lowest BCUT2D eigenvalue weighted by Gasteiger charge is -2.42. The van der Waals surface area contributed by atoms with E-state index in [1.54, 1.807) is 30.7 Å². The highest BCUT2D eigenvalue weighted by Gasteiger charge is 2.46. The molecule has 2 aliphatic rings. The van der Waals surface area contributed by atoms with Gasteiger partial charge in [-0.15, -0.1) is 11.3 Å². The van der Waals surface area contributed by atoms with Crippen molar-refractivity contribution >= 4 is 57.2 Å². The van der Waals surface area contributed by atoms with Gasteiger partial charge in [0.15, 0.2) is 5.82 Å². The smallest absolute Gasteiger partial charge is 0.262 e. The Bertz CT molecular complexity index is 1600. The van der Waals surface area contributed by atoms with Crippen molar-refractivity contribution in [3.63, 3.8) is 0 Å². The molecule has 1 unspecified atom stereocenters. The Morgan fingerprint density at radius 1 is 1.28 bits per heavy atom. The van der Waals surface area contributed by atoms with E-state index in [0.717, 1.165) is 38.2 Å². The van der Waals surface area contributed by atoms with Gasteiger partial charge in [-0.3, -0.25) is 9.36 Å². The highest BCUT2D eigenvalue weighted by Crippen LogP contribution is 2.52. The van der Waals surface area contributed by atoms with Crippen LogP contribution in [0, 0.1) is 5.41 Å². The number of piperidine rings is 1. The number of nitrogen functional groups attached to an aromatic ring is 1. The molecule has 12 heteroatoms. The molecular formula is C27H30ClN7O2S2. The monoisotopic (exact) mass is 583 g/mol. The third-order valence-corrected chi connectivity index (χ3v) is 10.7. The quantitative estimate of drug-likeness (QED) is 0.337. The maximum absolute atomic E-state index is 13.2. The molecule has 0 saturated carbocycles. The molecular weight excluding hydrogens is 554 g/mol. The highest BCUT2D eigenvalue weighted by molar-refractivity contribution is 7.99. The number of nitrogens with zero attached hydrogens (tertiary/aromatic N) is 5. The van der Waals surface area contributed by atoms with Crippen LogP contribution >= 0.6 is 34.7 Å². The summed E-state index contributed by atoms with van der Waals surface area (Å²) in [5, 5.41) is 3.36. The van der Waals surface area contributed by atoms with Gasteiger partial charge in [0.1, 0.15) is 10.8 Å². The number of nitrogens with two attached hydrogens (primary N) is 2. The Labute approximate surface area is 239 Å². The van der Waals surface area contributed by atoms with Crippen molar-refractivity contribution in [3.8, 4) is 0 Å². The van der Waals surface area contributed by atoms with Crippen molar-refractivity contribution in [1.29, 1.82) is 0 Å². The third-order valence-electron chi connectivity index (χ3n) is 8.06. The molecule has 0 amide bonds. The van der Waals surface area contributed by atoms with Crippen LogP contribution in [-0.2, 0) is 17.7 Å². The van der Waals surface area contributed by atoms with E-state index >= 15 is 0 Å². The Morgan fingerprint density at radius 2 is 2.08 bits per heavy atom. The van der Waals surface area contributed by atoms with Crippen LogP contribution in [0.2, 0.25) is 5.02 Å². The van der Waals surface area contributed by atoms with Gasteiger partial charge in [-0.05, 0) is 60.7 Å². The van der Waals surface area contributed by atoms with E-state index in [1.807, 2.05) is 13.0 Å². The first-order valence-electron chi connectivity index (χ1n) is 12.9. The van der Waals surface area contributed by atoms with Crippen molar-refractivity contribution in [3.05, 3.63) is 61.9 Å². The lowest BCUT2D eigenvalue weighted by molar-refractivity contribution is 0.102. The van der Waals surface area contributed by atoms with E-state index in [-0.39, 0.29) is 23.1 Å². The van der Waals surface area contributed by atoms with Crippen molar-refractivity contribution < 1.29 is 4.74 Å². The number of ether oxygens (including phenoxy) is 1. The number of aromatic nitrogens is 4. The first kappa shape index (κ1) is 26.5. The molecule has 0 radical (unpaired) electrons. The van der Waals surface area contributed by atoms with Crippen molar-refractivity contribution in [2.75, 3.05) is 30.8 Å². The van der Waals surface area contributed by atoms with Crippen LogP contribution < -0.4 is 21.9 Å². The number of halogens is 1. The van der Waals surface area contributed by atoms with Crippen molar-refractivity contribution in [2.24, 2.45) is 11.1 Å². The molecule has 1 fully saturated rings. The summed E-state index contributed by atoms with van der Waals surface area (Å²) in [6.45, 7) is 3.99. The van der Waals surface area contributed by atoms with Gasteiger partial charge in [0, 0.05) is 36.0 Å². The number of hydrogen-bond acceptors (Lipinski definition) is 10. The first-order chi connectivity index (χ1) is 18.8. The fourth-order valence-electron chi connectivity index (χ4n) is 5.67. The van der Waals surface area contributed by atoms with Crippen LogP contribution in [0.25, 0.3) is 10.9 Å². The first-order valence-corrected chi connectivity index (χ1v) is 14.9. The van der Waals surface area contributed by atoms with E-state index < -0.39 is 0 Å². The largest absolute Gasteiger partial charge is 0.381 e. The molecule has 1 aromatic carbocycles. The average molecular weight is 584 g/mol. The molecule has 6 rings (SSSR count). The lowest BCUT2D eigenvalue weighted by Crippen LogP contribution is -2.44. The molecule has 1 spiro atoms. The summed E-state index contributed by atoms with van der Waals surface area (Å²) in [7, 11) is 1.61. The minimum absolute atomic E-state index is 0.110. The summed E-state index contributed by atoms with van der Waals surface area (Å²) in [5.41, 5.74) is 14.9. The van der Waals surface area contributed by atoms with E-state index in [4.69, 9.17) is 27.8 Å². The van der Waals surface area contributed by atoms with Crippen LogP contribution in [0.5, 0.6) is 0 Å². The molecule has 1 saturated heterocycles. The van der Waals surface area contributed by atoms with Gasteiger partial charge in [0.05, 0.1) is 41.1 Å². The normalized spacial score (nSPS) is 19.1. The maximum atomic E-state index is 13.2. The second-order valence-corrected chi connectivity index (χ2v) is 12.7. The zero-order valence-corrected chi connectivity index (χ0v) is 24.2. The van der Waals surface area contributed by atoms with Crippen LogP contribution in [0.1, 0.15) is 36.2 Å². The van der Waals surface area contributed by atoms with E-state index in [2.05, 4.69) is 31.3 Å². The molecule has 3 aromatic heterocycles. The van der Waals surface area contributed by atoms with Crippen molar-refractivity contribution in [1.82, 2.24) is 19.5 Å². The van der Waals surface area contributed by atoms with Gasteiger partial charge < -0.3 is 21.1 Å². The van der Waals surface area contributed by atoms with E-state index in [0.29, 0.717) is 38.2 Å². The molecule has 4 heterocycles. The van der Waals surface area contributed by atoms with Gasteiger partial charge in [-0.1, -0.05) is 23.4 Å². The maximum Gasteiger partial charge on any atom is 0.262 e. The Morgan fingerprint density at radius 3 is 2.79 bits per heavy atom. The topological polar surface area (TPSA) is 125 Å². The molecule has 4 N–H and O–H groups in total. The van der Waals surface area contributed by atoms with E-state index in [1.165, 1.54) is 33.1 Å². The summed E-state index contributed by atoms with van der Waals surface area (Å²) in [4.78, 5) is 31.1. The highest BCUT2D eigenvalue weighted by atomic mass is 35.5. The fourth-order valence-corrected chi connectivity index (χ4v) is 7.88. The fraction of sp³-hybridized carbons (Fsp3) is 0.407. The summed E-state index contributed by atoms with van der Waals surface area (Å²) >= 11 is 9.80. The van der Waals surface area contributed by atoms with Crippen LogP contribution in [0.4, 0.5) is 11.6 Å². The summed E-state index contributed by atoms with van der Waals surface area (Å²) in [6, 6.07) is 5.94. The zero-order valence-electron chi connectivity index (χ0n) is 21.8. The summed E-state index contributed by atoms with van der Waals surface area (Å²) in [5.74, 6) is 1.09. The number of benzene rings is 1. The van der Waals surface area contributed by atoms with Crippen LogP contribution in [0.15, 0.2) is 50.8 Å². The molecule has 2 atom stereocenters. The standard InChI is InChI=1S/C27H30ClN7O2S2/c1-15(37-2)13-35-14-32-17-3-4-18(21(28)20(17)26(35)36)39-25-24(30)33-19(12-31-25)34-8-6-27(7-9-34)11-16-5-10-38-22(16)23(27)29/h3-5,10,12,14-15,23H,6-9,11,13,29H2,1-2H3,(H2,30,33)/t15?,23-/m1/s1. The minimum Gasteiger partial charge on any atom is -0.381 e. The SMILES string of the molecule is COC(C)Cn1cnc2ccc(Sc3ncc(N4CCC5(CC4)Cc4ccsc4[C@H]5N)nc3N)c(Cl)c2c1=O. The number of rotatable bonds is 6. The van der Waals surface area contributed by atoms with Gasteiger partial charge in [-0.25, -0.2) is 15.0 Å². The Hall–Kier alpha value is -2.70. The molecule has 4 aromatic rings. The number of methoxy groups -OCH3 is 1. The van der Waals surface area contributed by atoms with Crippen LogP contribution in [-0.4, -0.2) is 45.8 Å². The lowest BCUT2D eigenvalue weighted by atomic mass is 9.73. The average Bonchev–Trinajstić information content (AvgIpc) is 3.49. The Kier molecular flexibility index (Phi) is 7.05. The zero-order chi connectivity index (χ0) is 27.3. The van der Waals surface area contributed by atoms with Gasteiger partial charge in [0.25, 0.3) is 5.56 Å². The van der Waals surface area contributed by atoms with Crippen LogP contribution in [0.3, 0.4) is 0 Å². The van der Waals surface area contributed by atoms with Crippen molar-refractivity contribution in [2.45, 2.75) is 54.8 Å². The number of anilines is 2. The molecule has 1 aliphatic heterocycles. The van der Waals surface area contributed by atoms with Gasteiger partial charge >= 0.3 is 0 Å². The van der Waals surface area contributed by atoms with E-state index in [9.17, 15) is 4.79 Å². The number of fused-ring (bicyclic) bond motifs is 2. The summed E-state index contributed by atoms with van der Waals surface area (Å²) < 4.78 is 6.81. The minimum atomic E-state index is -0.217. The number of thiophene rings is 1. The number of hydrogen-bond donors (Lipinski definition) is 2. The van der Waals surface area contributed by atoms with Gasteiger partial charge in [0.2, 0.25) is 0 Å². The molecule has 1 aliphatic carbocycles. The molecule has 0 bridgehead atoms. The molecule has 9 nitrogen and oxygen atoms in total. The molecule has 204 valence electrons. The predicted molar refractivity (Wildman–Crippen MR) is 157 cm³/mol. The Balaban J connectivity index is 1.19. The second-order valence-electron chi connectivity index (χ2n) is 10.4.